The number of carbonyl (C=O) groups excluding carboxylic acids is 1. The molecular formula is C30H28BrFN6O3. The monoisotopic (exact) mass is 618 g/mol. The average Bonchev–Trinajstić information content (AvgIpc) is 3.41. The molecule has 0 saturated heterocycles. The van der Waals surface area contributed by atoms with E-state index in [9.17, 15) is 9.18 Å². The van der Waals surface area contributed by atoms with Crippen LogP contribution in [0.2, 0.25) is 0 Å². The van der Waals surface area contributed by atoms with Crippen molar-refractivity contribution in [1.29, 1.82) is 0 Å². The van der Waals surface area contributed by atoms with E-state index in [0.717, 1.165) is 17.3 Å². The van der Waals surface area contributed by atoms with Gasteiger partial charge >= 0.3 is 5.97 Å². The van der Waals surface area contributed by atoms with Gasteiger partial charge in [0, 0.05) is 25.2 Å². The summed E-state index contributed by atoms with van der Waals surface area (Å²) in [4.78, 5) is 23.6. The zero-order valence-corrected chi connectivity index (χ0v) is 24.1. The van der Waals surface area contributed by atoms with Crippen molar-refractivity contribution in [2.75, 3.05) is 23.9 Å². The molecule has 5 rings (SSSR count). The first-order valence-electron chi connectivity index (χ1n) is 13.0. The van der Waals surface area contributed by atoms with Crippen molar-refractivity contribution < 1.29 is 18.7 Å². The zero-order chi connectivity index (χ0) is 28.8. The average molecular weight is 619 g/mol. The minimum Gasteiger partial charge on any atom is -0.478 e. The highest BCUT2D eigenvalue weighted by Crippen LogP contribution is 2.36. The molecular weight excluding hydrogens is 591 g/mol. The molecule has 1 N–H and O–H groups in total. The molecule has 0 unspecified atom stereocenters. The summed E-state index contributed by atoms with van der Waals surface area (Å²) < 4.78 is 26.9. The first-order chi connectivity index (χ1) is 20.0. The Hall–Kier alpha value is -4.51. The molecule has 0 radical (unpaired) electrons. The van der Waals surface area contributed by atoms with Crippen molar-refractivity contribution in [2.24, 2.45) is 0 Å². The molecule has 0 fully saturated rings. The van der Waals surface area contributed by atoms with Crippen molar-refractivity contribution in [3.8, 4) is 5.88 Å². The Morgan fingerprint density at radius 1 is 1.05 bits per heavy atom. The lowest BCUT2D eigenvalue weighted by Gasteiger charge is -2.27. The largest absolute Gasteiger partial charge is 0.478 e. The van der Waals surface area contributed by atoms with E-state index in [2.05, 4.69) is 60.5 Å². The Kier molecular flexibility index (Phi) is 8.73. The summed E-state index contributed by atoms with van der Waals surface area (Å²) in [6.45, 7) is 3.48. The molecule has 41 heavy (non-hydrogen) atoms. The van der Waals surface area contributed by atoms with Crippen LogP contribution in [0.5, 0.6) is 5.88 Å². The maximum Gasteiger partial charge on any atom is 0.343 e. The number of benzene rings is 2. The van der Waals surface area contributed by atoms with Gasteiger partial charge in [-0.1, -0.05) is 60.7 Å². The van der Waals surface area contributed by atoms with Gasteiger partial charge in [-0.2, -0.15) is 9.61 Å². The first-order valence-corrected chi connectivity index (χ1v) is 13.8. The molecule has 0 amide bonds. The molecule has 3 aromatic heterocycles. The lowest BCUT2D eigenvalue weighted by molar-refractivity contribution is 0.0602. The Morgan fingerprint density at radius 3 is 2.32 bits per heavy atom. The van der Waals surface area contributed by atoms with Crippen LogP contribution in [0, 0.1) is 5.82 Å². The van der Waals surface area contributed by atoms with Crippen molar-refractivity contribution in [3.05, 3.63) is 112 Å². The highest BCUT2D eigenvalue weighted by atomic mass is 79.9. The topological polar surface area (TPSA) is 93.9 Å². The SMILES string of the molecule is CCOc1ncc(F)cc1CNc1nc2c(C(=O)OC)cnn2c(N(Cc2ccccc2)Cc2ccccc2)c1Br. The van der Waals surface area contributed by atoms with E-state index in [1.165, 1.54) is 19.4 Å². The molecule has 2 aromatic carbocycles. The number of anilines is 2. The maximum absolute atomic E-state index is 14.1. The molecule has 0 saturated carbocycles. The molecule has 0 atom stereocenters. The van der Waals surface area contributed by atoms with Crippen LogP contribution in [-0.4, -0.2) is 39.3 Å². The quantitative estimate of drug-likeness (QED) is 0.179. The number of ether oxygens (including phenoxy) is 2. The molecule has 11 heteroatoms. The second-order valence-corrected chi connectivity index (χ2v) is 9.91. The van der Waals surface area contributed by atoms with E-state index >= 15 is 0 Å². The molecule has 0 bridgehead atoms. The van der Waals surface area contributed by atoms with Crippen LogP contribution in [0.3, 0.4) is 0 Å². The second kappa shape index (κ2) is 12.8. The van der Waals surface area contributed by atoms with Crippen LogP contribution in [0.15, 0.2) is 83.6 Å². The molecule has 3 heterocycles. The van der Waals surface area contributed by atoms with Gasteiger partial charge in [0.2, 0.25) is 5.88 Å². The van der Waals surface area contributed by atoms with E-state index in [1.807, 2.05) is 43.3 Å². The van der Waals surface area contributed by atoms with Gasteiger partial charge in [-0.15, -0.1) is 0 Å². The van der Waals surface area contributed by atoms with Gasteiger partial charge in [-0.05, 0) is 40.0 Å². The van der Waals surface area contributed by atoms with Gasteiger partial charge in [0.15, 0.2) is 11.5 Å². The van der Waals surface area contributed by atoms with E-state index < -0.39 is 11.8 Å². The third kappa shape index (κ3) is 6.30. The number of hydrogen-bond donors (Lipinski definition) is 1. The van der Waals surface area contributed by atoms with Gasteiger partial charge in [-0.25, -0.2) is 19.2 Å². The molecule has 0 aliphatic rings. The molecule has 0 aliphatic heterocycles. The number of esters is 1. The van der Waals surface area contributed by atoms with E-state index in [1.54, 1.807) is 4.52 Å². The fourth-order valence-corrected chi connectivity index (χ4v) is 5.10. The van der Waals surface area contributed by atoms with Crippen LogP contribution < -0.4 is 15.0 Å². The molecule has 9 nitrogen and oxygen atoms in total. The summed E-state index contributed by atoms with van der Waals surface area (Å²) in [5, 5.41) is 7.82. The molecule has 5 aromatic rings. The highest BCUT2D eigenvalue weighted by Gasteiger charge is 2.25. The number of nitrogens with one attached hydrogen (secondary N) is 1. The van der Waals surface area contributed by atoms with E-state index in [4.69, 9.17) is 14.5 Å². The number of rotatable bonds is 11. The van der Waals surface area contributed by atoms with Crippen LogP contribution in [0.1, 0.15) is 34.0 Å². The summed E-state index contributed by atoms with van der Waals surface area (Å²) in [5.41, 5.74) is 3.22. The summed E-state index contributed by atoms with van der Waals surface area (Å²) in [7, 11) is 1.31. The predicted molar refractivity (Wildman–Crippen MR) is 157 cm³/mol. The van der Waals surface area contributed by atoms with Crippen molar-refractivity contribution in [3.63, 3.8) is 0 Å². The summed E-state index contributed by atoms with van der Waals surface area (Å²) in [6.07, 6.45) is 2.56. The number of fused-ring (bicyclic) bond motifs is 1. The Labute approximate surface area is 245 Å². The van der Waals surface area contributed by atoms with E-state index in [-0.39, 0.29) is 12.1 Å². The summed E-state index contributed by atoms with van der Waals surface area (Å²) >= 11 is 3.77. The number of halogens is 2. The fourth-order valence-electron chi connectivity index (χ4n) is 4.46. The number of nitrogens with zero attached hydrogens (tertiary/aromatic N) is 5. The van der Waals surface area contributed by atoms with Crippen LogP contribution in [0.25, 0.3) is 5.65 Å². The minimum absolute atomic E-state index is 0.167. The van der Waals surface area contributed by atoms with Crippen LogP contribution in [-0.2, 0) is 24.4 Å². The summed E-state index contributed by atoms with van der Waals surface area (Å²) in [5.74, 6) is 0.387. The highest BCUT2D eigenvalue weighted by molar-refractivity contribution is 9.10. The van der Waals surface area contributed by atoms with Gasteiger partial charge in [0.25, 0.3) is 0 Å². The lowest BCUT2D eigenvalue weighted by Crippen LogP contribution is -2.26. The fraction of sp³-hybridized carbons (Fsp3) is 0.200. The number of hydrogen-bond acceptors (Lipinski definition) is 8. The number of methoxy groups -OCH3 is 1. The van der Waals surface area contributed by atoms with Crippen molar-refractivity contribution >= 4 is 39.2 Å². The smallest absolute Gasteiger partial charge is 0.343 e. The van der Waals surface area contributed by atoms with Crippen LogP contribution in [0.4, 0.5) is 16.0 Å². The Bertz CT molecular complexity index is 1610. The van der Waals surface area contributed by atoms with Gasteiger partial charge < -0.3 is 19.7 Å². The Morgan fingerprint density at radius 2 is 1.71 bits per heavy atom. The molecule has 0 spiro atoms. The number of pyridine rings is 1. The molecule has 0 aliphatic carbocycles. The first kappa shape index (κ1) is 28.0. The Balaban J connectivity index is 1.63. The third-order valence-electron chi connectivity index (χ3n) is 6.32. The van der Waals surface area contributed by atoms with Gasteiger partial charge in [0.05, 0.1) is 26.1 Å². The lowest BCUT2D eigenvalue weighted by atomic mass is 10.1. The van der Waals surface area contributed by atoms with Gasteiger partial charge in [0.1, 0.15) is 21.7 Å². The standard InChI is InChI=1S/C30H28BrFN6O3/c1-3-41-28-22(14-23(32)16-34-28)15-33-26-25(31)29(38-27(36-26)24(17-35-38)30(39)40-2)37(18-20-10-6-4-7-11-20)19-21-12-8-5-9-13-21/h4-14,16-17H,3,15,18-19H2,1-2H3,(H,33,36). The van der Waals surface area contributed by atoms with Crippen LogP contribution >= 0.6 is 15.9 Å². The number of aromatic nitrogens is 4. The van der Waals surface area contributed by atoms with Crippen molar-refractivity contribution in [1.82, 2.24) is 19.6 Å². The van der Waals surface area contributed by atoms with E-state index in [0.29, 0.717) is 52.9 Å². The molecule has 210 valence electrons. The number of carbonyl (C=O) groups is 1. The second-order valence-electron chi connectivity index (χ2n) is 9.11. The third-order valence-corrected chi connectivity index (χ3v) is 7.05. The van der Waals surface area contributed by atoms with Crippen molar-refractivity contribution in [2.45, 2.75) is 26.6 Å². The van der Waals surface area contributed by atoms with Gasteiger partial charge in [-0.3, -0.25) is 0 Å². The summed E-state index contributed by atoms with van der Waals surface area (Å²) in [6, 6.07) is 21.5. The maximum atomic E-state index is 14.1. The zero-order valence-electron chi connectivity index (χ0n) is 22.6. The minimum atomic E-state index is -0.558. The normalized spacial score (nSPS) is 10.9. The predicted octanol–water partition coefficient (Wildman–Crippen LogP) is 6.03.